The Hall–Kier alpha value is -0.870. The summed E-state index contributed by atoms with van der Waals surface area (Å²) in [7, 11) is -3.22. The fourth-order valence-corrected chi connectivity index (χ4v) is 4.48. The van der Waals surface area contributed by atoms with E-state index in [1.54, 1.807) is 24.3 Å². The van der Waals surface area contributed by atoms with Crippen LogP contribution in [-0.4, -0.2) is 19.3 Å². The molecule has 1 N–H and O–H groups in total. The number of hydrogen-bond acceptors (Lipinski definition) is 3. The first-order valence-corrected chi connectivity index (χ1v) is 8.11. The van der Waals surface area contributed by atoms with Crippen molar-refractivity contribution in [3.8, 4) is 0 Å². The van der Waals surface area contributed by atoms with E-state index in [0.29, 0.717) is 16.9 Å². The van der Waals surface area contributed by atoms with E-state index in [1.165, 1.54) is 0 Å². The van der Waals surface area contributed by atoms with Gasteiger partial charge in [0.15, 0.2) is 9.84 Å². The highest BCUT2D eigenvalue weighted by molar-refractivity contribution is 7.91. The quantitative estimate of drug-likeness (QED) is 0.916. The Morgan fingerprint density at radius 2 is 2.06 bits per heavy atom. The summed E-state index contributed by atoms with van der Waals surface area (Å²) >= 11 is 0. The van der Waals surface area contributed by atoms with E-state index in [9.17, 15) is 13.5 Å². The molecule has 2 rings (SSSR count). The first kappa shape index (κ1) is 13.6. The number of fused-ring (bicyclic) bond motifs is 1. The standard InChI is InChI=1S/C14H20O3S/c1-3-6-11(2)14(15)9-10-18(16,17)13-8-5-4-7-12(13)14/h4-5,7-8,11,15H,3,6,9-10H2,1-2H3. The molecule has 1 aromatic rings. The second kappa shape index (κ2) is 4.67. The molecule has 0 aromatic heterocycles. The third-order valence-corrected chi connectivity index (χ3v) is 5.75. The van der Waals surface area contributed by atoms with Gasteiger partial charge in [0, 0.05) is 5.56 Å². The highest BCUT2D eigenvalue weighted by Gasteiger charge is 2.43. The number of rotatable bonds is 3. The lowest BCUT2D eigenvalue weighted by Gasteiger charge is -2.39. The number of benzene rings is 1. The van der Waals surface area contributed by atoms with Crippen molar-refractivity contribution in [3.05, 3.63) is 29.8 Å². The highest BCUT2D eigenvalue weighted by atomic mass is 32.2. The number of sulfone groups is 1. The van der Waals surface area contributed by atoms with Gasteiger partial charge < -0.3 is 5.11 Å². The number of hydrogen-bond donors (Lipinski definition) is 1. The molecule has 2 unspecified atom stereocenters. The number of aliphatic hydroxyl groups is 1. The average Bonchev–Trinajstić information content (AvgIpc) is 2.35. The summed E-state index contributed by atoms with van der Waals surface area (Å²) in [6.07, 6.45) is 2.18. The molecule has 3 nitrogen and oxygen atoms in total. The second-order valence-corrected chi connectivity index (χ2v) is 7.26. The van der Waals surface area contributed by atoms with Crippen molar-refractivity contribution in [1.82, 2.24) is 0 Å². The van der Waals surface area contributed by atoms with E-state index in [0.717, 1.165) is 12.8 Å². The van der Waals surface area contributed by atoms with Crippen LogP contribution >= 0.6 is 0 Å². The first-order chi connectivity index (χ1) is 8.42. The molecule has 0 amide bonds. The molecule has 0 fully saturated rings. The highest BCUT2D eigenvalue weighted by Crippen LogP contribution is 2.43. The maximum atomic E-state index is 12.0. The zero-order valence-corrected chi connectivity index (χ0v) is 11.7. The summed E-state index contributed by atoms with van der Waals surface area (Å²) in [5, 5.41) is 10.9. The van der Waals surface area contributed by atoms with Crippen molar-refractivity contribution in [3.63, 3.8) is 0 Å². The zero-order valence-electron chi connectivity index (χ0n) is 10.9. The van der Waals surface area contributed by atoms with Gasteiger partial charge in [0.1, 0.15) is 0 Å². The van der Waals surface area contributed by atoms with Gasteiger partial charge in [0.25, 0.3) is 0 Å². The van der Waals surface area contributed by atoms with Crippen molar-refractivity contribution >= 4 is 9.84 Å². The van der Waals surface area contributed by atoms with E-state index in [1.807, 2.05) is 6.92 Å². The molecule has 18 heavy (non-hydrogen) atoms. The monoisotopic (exact) mass is 268 g/mol. The van der Waals surface area contributed by atoms with Crippen LogP contribution in [-0.2, 0) is 15.4 Å². The zero-order chi connectivity index (χ0) is 13.4. The van der Waals surface area contributed by atoms with E-state index < -0.39 is 15.4 Å². The molecular formula is C14H20O3S. The van der Waals surface area contributed by atoms with Crippen molar-refractivity contribution in [2.24, 2.45) is 5.92 Å². The molecule has 1 heterocycles. The Morgan fingerprint density at radius 1 is 1.39 bits per heavy atom. The van der Waals surface area contributed by atoms with Crippen LogP contribution < -0.4 is 0 Å². The lowest BCUT2D eigenvalue weighted by molar-refractivity contribution is -0.0282. The van der Waals surface area contributed by atoms with Crippen LogP contribution in [0.15, 0.2) is 29.2 Å². The minimum Gasteiger partial charge on any atom is -0.385 e. The van der Waals surface area contributed by atoms with Gasteiger partial charge >= 0.3 is 0 Å². The van der Waals surface area contributed by atoms with Crippen LogP contribution in [0.1, 0.15) is 38.7 Å². The molecule has 0 bridgehead atoms. The van der Waals surface area contributed by atoms with Gasteiger partial charge in [-0.25, -0.2) is 8.42 Å². The fourth-order valence-electron chi connectivity index (χ4n) is 2.81. The molecule has 4 heteroatoms. The summed E-state index contributed by atoms with van der Waals surface area (Å²) < 4.78 is 24.1. The fraction of sp³-hybridized carbons (Fsp3) is 0.571. The average molecular weight is 268 g/mol. The summed E-state index contributed by atoms with van der Waals surface area (Å²) in [6.45, 7) is 4.07. The summed E-state index contributed by atoms with van der Waals surface area (Å²) in [6, 6.07) is 6.86. The minimum absolute atomic E-state index is 0.0363. The van der Waals surface area contributed by atoms with Gasteiger partial charge in [0.05, 0.1) is 16.2 Å². The van der Waals surface area contributed by atoms with Crippen LogP contribution in [0, 0.1) is 5.92 Å². The summed E-state index contributed by atoms with van der Waals surface area (Å²) in [5.74, 6) is 0.105. The van der Waals surface area contributed by atoms with Gasteiger partial charge in [-0.1, -0.05) is 38.5 Å². The Morgan fingerprint density at radius 3 is 2.72 bits per heavy atom. The van der Waals surface area contributed by atoms with E-state index in [2.05, 4.69) is 6.92 Å². The molecule has 0 saturated heterocycles. The lowest BCUT2D eigenvalue weighted by Crippen LogP contribution is -2.40. The van der Waals surface area contributed by atoms with Crippen LogP contribution in [0.5, 0.6) is 0 Å². The Bertz CT molecular complexity index is 536. The molecule has 2 atom stereocenters. The van der Waals surface area contributed by atoms with Crippen LogP contribution in [0.25, 0.3) is 0 Å². The normalized spacial score (nSPS) is 27.5. The van der Waals surface area contributed by atoms with Crippen LogP contribution in [0.3, 0.4) is 0 Å². The Kier molecular flexibility index (Phi) is 3.52. The van der Waals surface area contributed by atoms with Crippen molar-refractivity contribution in [2.45, 2.75) is 43.6 Å². The van der Waals surface area contributed by atoms with Gasteiger partial charge in [-0.2, -0.15) is 0 Å². The first-order valence-electron chi connectivity index (χ1n) is 6.46. The Balaban J connectivity index is 2.55. The smallest absolute Gasteiger partial charge is 0.178 e. The lowest BCUT2D eigenvalue weighted by atomic mass is 9.78. The maximum Gasteiger partial charge on any atom is 0.178 e. The van der Waals surface area contributed by atoms with Gasteiger partial charge in [-0.3, -0.25) is 0 Å². The molecule has 0 saturated carbocycles. The van der Waals surface area contributed by atoms with Crippen molar-refractivity contribution in [2.75, 3.05) is 5.75 Å². The molecule has 1 aliphatic heterocycles. The van der Waals surface area contributed by atoms with Gasteiger partial charge in [-0.05, 0) is 24.8 Å². The molecule has 0 aliphatic carbocycles. The minimum atomic E-state index is -3.22. The largest absolute Gasteiger partial charge is 0.385 e. The van der Waals surface area contributed by atoms with E-state index >= 15 is 0 Å². The molecule has 1 aromatic carbocycles. The van der Waals surface area contributed by atoms with Crippen molar-refractivity contribution in [1.29, 1.82) is 0 Å². The SMILES string of the molecule is CCCC(C)C1(O)CCS(=O)(=O)c2ccccc21. The van der Waals surface area contributed by atoms with Gasteiger partial charge in [-0.15, -0.1) is 0 Å². The van der Waals surface area contributed by atoms with Gasteiger partial charge in [0.2, 0.25) is 0 Å². The molecule has 0 spiro atoms. The van der Waals surface area contributed by atoms with E-state index in [4.69, 9.17) is 0 Å². The molecule has 0 radical (unpaired) electrons. The van der Waals surface area contributed by atoms with Crippen LogP contribution in [0.2, 0.25) is 0 Å². The topological polar surface area (TPSA) is 54.4 Å². The molecular weight excluding hydrogens is 248 g/mol. The molecule has 100 valence electrons. The van der Waals surface area contributed by atoms with Crippen LogP contribution in [0.4, 0.5) is 0 Å². The van der Waals surface area contributed by atoms with E-state index in [-0.39, 0.29) is 11.7 Å². The summed E-state index contributed by atoms with van der Waals surface area (Å²) in [4.78, 5) is 0.307. The second-order valence-electron chi connectivity index (χ2n) is 5.18. The van der Waals surface area contributed by atoms with Crippen molar-refractivity contribution < 1.29 is 13.5 Å². The third kappa shape index (κ3) is 2.08. The Labute approximate surface area is 109 Å². The third-order valence-electron chi connectivity index (χ3n) is 3.98. The predicted molar refractivity (Wildman–Crippen MR) is 71.1 cm³/mol. The molecule has 1 aliphatic rings. The summed E-state index contributed by atoms with van der Waals surface area (Å²) in [5.41, 5.74) is -0.421. The predicted octanol–water partition coefficient (Wildman–Crippen LogP) is 2.49. The maximum absolute atomic E-state index is 12.0.